The Morgan fingerprint density at radius 1 is 1.17 bits per heavy atom. The number of benzene rings is 1. The molecule has 0 spiro atoms. The molecule has 1 N–H and O–H groups in total. The molecule has 1 aromatic rings. The first-order valence-corrected chi connectivity index (χ1v) is 6.54. The van der Waals surface area contributed by atoms with Crippen LogP contribution in [-0.4, -0.2) is 32.0 Å². The molecule has 2 aliphatic heterocycles. The van der Waals surface area contributed by atoms with Gasteiger partial charge in [0.25, 0.3) is 0 Å². The predicted octanol–water partition coefficient (Wildman–Crippen LogP) is 1.99. The fourth-order valence-electron chi connectivity index (χ4n) is 2.48. The summed E-state index contributed by atoms with van der Waals surface area (Å²) in [6.45, 7) is 7.98. The van der Waals surface area contributed by atoms with Crippen molar-refractivity contribution in [2.75, 3.05) is 31.3 Å². The maximum absolute atomic E-state index is 5.44. The molecule has 98 valence electrons. The Kier molecular flexibility index (Phi) is 2.82. The van der Waals surface area contributed by atoms with E-state index in [1.807, 2.05) is 6.07 Å². The molecule has 0 aromatic heterocycles. The van der Waals surface area contributed by atoms with Crippen LogP contribution >= 0.6 is 0 Å². The summed E-state index contributed by atoms with van der Waals surface area (Å²) in [7, 11) is 0. The highest BCUT2D eigenvalue weighted by atomic mass is 16.7. The van der Waals surface area contributed by atoms with Crippen molar-refractivity contribution < 1.29 is 9.47 Å². The zero-order chi connectivity index (χ0) is 12.6. The number of anilines is 1. The van der Waals surface area contributed by atoms with Crippen LogP contribution in [0.1, 0.15) is 20.3 Å². The van der Waals surface area contributed by atoms with Crippen LogP contribution in [0.5, 0.6) is 11.5 Å². The van der Waals surface area contributed by atoms with E-state index in [4.69, 9.17) is 9.47 Å². The molecule has 0 aliphatic carbocycles. The molecule has 0 radical (unpaired) electrons. The summed E-state index contributed by atoms with van der Waals surface area (Å²) in [5, 5.41) is 3.58. The van der Waals surface area contributed by atoms with E-state index >= 15 is 0 Å². The molecule has 1 aromatic carbocycles. The van der Waals surface area contributed by atoms with Crippen molar-refractivity contribution in [3.05, 3.63) is 18.2 Å². The second kappa shape index (κ2) is 4.35. The molecule has 4 heteroatoms. The van der Waals surface area contributed by atoms with Gasteiger partial charge >= 0.3 is 0 Å². The lowest BCUT2D eigenvalue weighted by Gasteiger charge is -2.24. The van der Waals surface area contributed by atoms with Gasteiger partial charge in [0, 0.05) is 36.9 Å². The summed E-state index contributed by atoms with van der Waals surface area (Å²) in [6.07, 6.45) is 1.14. The zero-order valence-electron chi connectivity index (χ0n) is 11.0. The fourth-order valence-corrected chi connectivity index (χ4v) is 2.48. The van der Waals surface area contributed by atoms with Crippen molar-refractivity contribution in [3.63, 3.8) is 0 Å². The molecule has 2 aliphatic rings. The second-order valence-corrected chi connectivity index (χ2v) is 5.59. The Balaban J connectivity index is 1.78. The van der Waals surface area contributed by atoms with Gasteiger partial charge in [0.05, 0.1) is 0 Å². The molecular formula is C14H20N2O2. The third-order valence-electron chi connectivity index (χ3n) is 3.71. The molecule has 4 nitrogen and oxygen atoms in total. The van der Waals surface area contributed by atoms with E-state index in [-0.39, 0.29) is 5.54 Å². The third kappa shape index (κ3) is 2.25. The summed E-state index contributed by atoms with van der Waals surface area (Å²) in [6, 6.07) is 6.20. The molecule has 0 amide bonds. The van der Waals surface area contributed by atoms with Gasteiger partial charge in [0.15, 0.2) is 11.5 Å². The molecule has 0 unspecified atom stereocenters. The van der Waals surface area contributed by atoms with Gasteiger partial charge in [0.1, 0.15) is 0 Å². The maximum Gasteiger partial charge on any atom is 0.231 e. The first kappa shape index (κ1) is 11.7. The normalized spacial score (nSPS) is 21.8. The number of hydrogen-bond acceptors (Lipinski definition) is 4. The van der Waals surface area contributed by atoms with E-state index in [2.05, 4.69) is 36.2 Å². The second-order valence-electron chi connectivity index (χ2n) is 5.59. The summed E-state index contributed by atoms with van der Waals surface area (Å²) in [5.74, 6) is 1.72. The smallest absolute Gasteiger partial charge is 0.231 e. The third-order valence-corrected chi connectivity index (χ3v) is 3.71. The molecule has 18 heavy (non-hydrogen) atoms. The van der Waals surface area contributed by atoms with E-state index in [0.717, 1.165) is 37.6 Å². The van der Waals surface area contributed by atoms with Crippen molar-refractivity contribution >= 4 is 5.69 Å². The SMILES string of the molecule is CC1(C)CCN(c2ccc3c(c2)OCO3)CCN1. The highest BCUT2D eigenvalue weighted by Crippen LogP contribution is 2.35. The summed E-state index contributed by atoms with van der Waals surface area (Å²) >= 11 is 0. The van der Waals surface area contributed by atoms with Crippen molar-refractivity contribution in [1.82, 2.24) is 5.32 Å². The number of fused-ring (bicyclic) bond motifs is 1. The highest BCUT2D eigenvalue weighted by molar-refractivity contribution is 5.57. The standard InChI is InChI=1S/C14H20N2O2/c1-14(2)5-7-16(8-6-15-14)11-3-4-12-13(9-11)18-10-17-12/h3-4,9,15H,5-8,10H2,1-2H3. The summed E-state index contributed by atoms with van der Waals surface area (Å²) in [5.41, 5.74) is 1.45. The number of ether oxygens (including phenoxy) is 2. The Labute approximate surface area is 108 Å². The van der Waals surface area contributed by atoms with Gasteiger partial charge in [-0.25, -0.2) is 0 Å². The quantitative estimate of drug-likeness (QED) is 0.824. The van der Waals surface area contributed by atoms with Crippen LogP contribution in [0.15, 0.2) is 18.2 Å². The van der Waals surface area contributed by atoms with Crippen LogP contribution in [0.4, 0.5) is 5.69 Å². The zero-order valence-corrected chi connectivity index (χ0v) is 11.0. The van der Waals surface area contributed by atoms with Crippen LogP contribution in [0.3, 0.4) is 0 Å². The lowest BCUT2D eigenvalue weighted by molar-refractivity contribution is 0.174. The average molecular weight is 248 g/mol. The molecule has 2 heterocycles. The van der Waals surface area contributed by atoms with Crippen LogP contribution in [0, 0.1) is 0 Å². The largest absolute Gasteiger partial charge is 0.454 e. The number of nitrogens with one attached hydrogen (secondary N) is 1. The summed E-state index contributed by atoms with van der Waals surface area (Å²) < 4.78 is 10.8. The van der Waals surface area contributed by atoms with E-state index in [1.54, 1.807) is 0 Å². The molecule has 3 rings (SSSR count). The van der Waals surface area contributed by atoms with Gasteiger partial charge in [-0.05, 0) is 32.4 Å². The number of hydrogen-bond donors (Lipinski definition) is 1. The molecule has 0 saturated carbocycles. The molecule has 1 saturated heterocycles. The lowest BCUT2D eigenvalue weighted by atomic mass is 10.0. The topological polar surface area (TPSA) is 33.7 Å². The van der Waals surface area contributed by atoms with Crippen molar-refractivity contribution in [2.45, 2.75) is 25.8 Å². The maximum atomic E-state index is 5.44. The van der Waals surface area contributed by atoms with E-state index < -0.39 is 0 Å². The minimum atomic E-state index is 0.227. The van der Waals surface area contributed by atoms with Crippen molar-refractivity contribution in [2.24, 2.45) is 0 Å². The van der Waals surface area contributed by atoms with Gasteiger partial charge in [-0.3, -0.25) is 0 Å². The van der Waals surface area contributed by atoms with Gasteiger partial charge in [0.2, 0.25) is 6.79 Å². The van der Waals surface area contributed by atoms with Crippen molar-refractivity contribution in [1.29, 1.82) is 0 Å². The summed E-state index contributed by atoms with van der Waals surface area (Å²) in [4.78, 5) is 2.41. The Morgan fingerprint density at radius 2 is 2.00 bits per heavy atom. The Hall–Kier alpha value is -1.42. The molecule has 0 bridgehead atoms. The van der Waals surface area contributed by atoms with Crippen LogP contribution < -0.4 is 19.7 Å². The van der Waals surface area contributed by atoms with E-state index in [9.17, 15) is 0 Å². The van der Waals surface area contributed by atoms with Gasteiger partial charge in [-0.2, -0.15) is 0 Å². The van der Waals surface area contributed by atoms with Gasteiger partial charge in [-0.1, -0.05) is 0 Å². The van der Waals surface area contributed by atoms with E-state index in [1.165, 1.54) is 5.69 Å². The van der Waals surface area contributed by atoms with Gasteiger partial charge in [-0.15, -0.1) is 0 Å². The first-order valence-electron chi connectivity index (χ1n) is 6.54. The number of nitrogens with zero attached hydrogens (tertiary/aromatic N) is 1. The highest BCUT2D eigenvalue weighted by Gasteiger charge is 2.23. The van der Waals surface area contributed by atoms with Gasteiger partial charge < -0.3 is 19.7 Å². The lowest BCUT2D eigenvalue weighted by Crippen LogP contribution is -2.39. The Morgan fingerprint density at radius 3 is 2.89 bits per heavy atom. The molecule has 0 atom stereocenters. The monoisotopic (exact) mass is 248 g/mol. The minimum absolute atomic E-state index is 0.227. The van der Waals surface area contributed by atoms with Crippen molar-refractivity contribution in [3.8, 4) is 11.5 Å². The minimum Gasteiger partial charge on any atom is -0.454 e. The van der Waals surface area contributed by atoms with Crippen LogP contribution in [0.25, 0.3) is 0 Å². The number of rotatable bonds is 1. The molecule has 1 fully saturated rings. The van der Waals surface area contributed by atoms with Crippen LogP contribution in [-0.2, 0) is 0 Å². The predicted molar refractivity (Wildman–Crippen MR) is 71.5 cm³/mol. The Bertz CT molecular complexity index is 445. The van der Waals surface area contributed by atoms with E-state index in [0.29, 0.717) is 6.79 Å². The average Bonchev–Trinajstić information content (AvgIpc) is 2.72. The first-order chi connectivity index (χ1) is 8.64. The van der Waals surface area contributed by atoms with Crippen LogP contribution in [0.2, 0.25) is 0 Å². The fraction of sp³-hybridized carbons (Fsp3) is 0.571. The molecular weight excluding hydrogens is 228 g/mol.